The highest BCUT2D eigenvalue weighted by Gasteiger charge is 2.11. The van der Waals surface area contributed by atoms with E-state index in [2.05, 4.69) is 17.9 Å². The molecule has 0 bridgehead atoms. The number of halogens is 1. The zero-order chi connectivity index (χ0) is 14.3. The Morgan fingerprint density at radius 2 is 2.16 bits per heavy atom. The van der Waals surface area contributed by atoms with Gasteiger partial charge in [0, 0.05) is 18.0 Å². The molecule has 0 heterocycles. The summed E-state index contributed by atoms with van der Waals surface area (Å²) >= 11 is 4.08. The van der Waals surface area contributed by atoms with Crippen LogP contribution in [-0.4, -0.2) is 51.2 Å². The van der Waals surface area contributed by atoms with Crippen molar-refractivity contribution in [1.29, 1.82) is 0 Å². The maximum atomic E-state index is 13.4. The minimum atomic E-state index is -0.552. The fourth-order valence-electron chi connectivity index (χ4n) is 1.37. The summed E-state index contributed by atoms with van der Waals surface area (Å²) in [6, 6.07) is 4.13. The van der Waals surface area contributed by atoms with Crippen LogP contribution in [0.2, 0.25) is 0 Å². The van der Waals surface area contributed by atoms with E-state index >= 15 is 0 Å². The van der Waals surface area contributed by atoms with Crippen molar-refractivity contribution < 1.29 is 13.9 Å². The number of thiol groups is 1. The van der Waals surface area contributed by atoms with Crippen LogP contribution in [0.1, 0.15) is 10.4 Å². The Morgan fingerprint density at radius 1 is 1.42 bits per heavy atom. The third-order valence-electron chi connectivity index (χ3n) is 2.41. The molecule has 1 N–H and O–H groups in total. The normalized spacial score (nSPS) is 10.8. The summed E-state index contributed by atoms with van der Waals surface area (Å²) < 4.78 is 18.7. The average molecular weight is 286 g/mol. The van der Waals surface area contributed by atoms with Gasteiger partial charge in [0.1, 0.15) is 5.82 Å². The van der Waals surface area contributed by atoms with Gasteiger partial charge in [-0.3, -0.25) is 4.79 Å². The van der Waals surface area contributed by atoms with Gasteiger partial charge in [-0.1, -0.05) is 0 Å². The van der Waals surface area contributed by atoms with Crippen molar-refractivity contribution in [3.63, 3.8) is 0 Å². The number of carbonyl (C=O) groups is 1. The molecule has 4 nitrogen and oxygen atoms in total. The van der Waals surface area contributed by atoms with Gasteiger partial charge in [-0.2, -0.15) is 0 Å². The lowest BCUT2D eigenvalue weighted by Gasteiger charge is -2.10. The predicted molar refractivity (Wildman–Crippen MR) is 75.4 cm³/mol. The molecule has 0 aliphatic rings. The van der Waals surface area contributed by atoms with Gasteiger partial charge >= 0.3 is 0 Å². The van der Waals surface area contributed by atoms with E-state index in [0.717, 1.165) is 6.54 Å². The molecule has 1 aromatic rings. The molecule has 0 aliphatic carbocycles. The fraction of sp³-hybridized carbons (Fsp3) is 0.462. The van der Waals surface area contributed by atoms with Gasteiger partial charge in [-0.05, 0) is 32.3 Å². The van der Waals surface area contributed by atoms with Crippen LogP contribution in [0.4, 0.5) is 4.39 Å². The Labute approximate surface area is 118 Å². The Balaban J connectivity index is 2.29. The largest absolute Gasteiger partial charge is 0.378 e. The van der Waals surface area contributed by atoms with Gasteiger partial charge in [0.25, 0.3) is 5.91 Å². The number of amides is 1. The second kappa shape index (κ2) is 8.14. The summed E-state index contributed by atoms with van der Waals surface area (Å²) in [7, 11) is 3.91. The van der Waals surface area contributed by atoms with Gasteiger partial charge in [0.05, 0.1) is 18.8 Å². The molecule has 0 unspecified atom stereocenters. The van der Waals surface area contributed by atoms with Crippen LogP contribution in [0, 0.1) is 5.82 Å². The number of carbonyl (C=O) groups excluding carboxylic acids is 1. The zero-order valence-electron chi connectivity index (χ0n) is 11.1. The van der Waals surface area contributed by atoms with Gasteiger partial charge in [-0.25, -0.2) is 4.39 Å². The highest BCUT2D eigenvalue weighted by atomic mass is 32.1. The lowest BCUT2D eigenvalue weighted by atomic mass is 10.2. The summed E-state index contributed by atoms with van der Waals surface area (Å²) in [6.07, 6.45) is 0. The Bertz CT molecular complexity index is 427. The number of nitrogens with one attached hydrogen (secondary N) is 1. The lowest BCUT2D eigenvalue weighted by molar-refractivity contribution is 0.0896. The van der Waals surface area contributed by atoms with Crippen LogP contribution in [0.5, 0.6) is 0 Å². The van der Waals surface area contributed by atoms with Crippen molar-refractivity contribution >= 4 is 18.5 Å². The van der Waals surface area contributed by atoms with E-state index in [9.17, 15) is 9.18 Å². The third-order valence-corrected chi connectivity index (χ3v) is 2.69. The lowest BCUT2D eigenvalue weighted by Crippen LogP contribution is -2.29. The molecule has 1 rings (SSSR count). The summed E-state index contributed by atoms with van der Waals surface area (Å²) in [5.41, 5.74) is 0.000733. The summed E-state index contributed by atoms with van der Waals surface area (Å²) in [4.78, 5) is 14.3. The highest BCUT2D eigenvalue weighted by molar-refractivity contribution is 7.80. The standard InChI is InChI=1S/C13H19FN2O2S/c1-16(2)6-8-18-7-5-15-13(17)11-9-10(19)3-4-12(11)14/h3-4,9,19H,5-8H2,1-2H3,(H,15,17). The highest BCUT2D eigenvalue weighted by Crippen LogP contribution is 2.13. The van der Waals surface area contributed by atoms with Crippen LogP contribution in [0.3, 0.4) is 0 Å². The molecule has 0 aliphatic heterocycles. The molecule has 19 heavy (non-hydrogen) atoms. The van der Waals surface area contributed by atoms with Crippen molar-refractivity contribution in [2.45, 2.75) is 4.90 Å². The molecule has 0 saturated carbocycles. The second-order valence-corrected chi connectivity index (χ2v) is 4.85. The fourth-order valence-corrected chi connectivity index (χ4v) is 1.57. The van der Waals surface area contributed by atoms with E-state index in [4.69, 9.17) is 4.74 Å². The molecule has 0 saturated heterocycles. The number of nitrogens with zero attached hydrogens (tertiary/aromatic N) is 1. The Hall–Kier alpha value is -1.11. The van der Waals surface area contributed by atoms with Gasteiger partial charge in [0.15, 0.2) is 0 Å². The van der Waals surface area contributed by atoms with Crippen LogP contribution in [-0.2, 0) is 4.74 Å². The maximum absolute atomic E-state index is 13.4. The first-order valence-corrected chi connectivity index (χ1v) is 6.44. The SMILES string of the molecule is CN(C)CCOCCNC(=O)c1cc(S)ccc1F. The number of ether oxygens (including phenoxy) is 1. The quantitative estimate of drug-likeness (QED) is 0.588. The van der Waals surface area contributed by atoms with E-state index in [0.29, 0.717) is 24.7 Å². The first kappa shape index (κ1) is 15.9. The van der Waals surface area contributed by atoms with Crippen molar-refractivity contribution in [1.82, 2.24) is 10.2 Å². The van der Waals surface area contributed by atoms with Crippen molar-refractivity contribution in [2.75, 3.05) is 40.4 Å². The molecular weight excluding hydrogens is 267 g/mol. The molecule has 0 atom stereocenters. The smallest absolute Gasteiger partial charge is 0.254 e. The number of rotatable bonds is 7. The van der Waals surface area contributed by atoms with Gasteiger partial charge < -0.3 is 15.0 Å². The predicted octanol–water partition coefficient (Wildman–Crippen LogP) is 1.42. The van der Waals surface area contributed by atoms with Crippen LogP contribution in [0.25, 0.3) is 0 Å². The van der Waals surface area contributed by atoms with E-state index in [1.54, 1.807) is 0 Å². The summed E-state index contributed by atoms with van der Waals surface area (Å²) in [6.45, 7) is 2.18. The Kier molecular flexibility index (Phi) is 6.83. The van der Waals surface area contributed by atoms with E-state index in [1.165, 1.54) is 18.2 Å². The summed E-state index contributed by atoms with van der Waals surface area (Å²) in [5, 5.41) is 2.60. The second-order valence-electron chi connectivity index (χ2n) is 4.34. The maximum Gasteiger partial charge on any atom is 0.254 e. The van der Waals surface area contributed by atoms with Gasteiger partial charge in [0.2, 0.25) is 0 Å². The molecule has 0 radical (unpaired) electrons. The van der Waals surface area contributed by atoms with E-state index < -0.39 is 11.7 Å². The molecule has 0 spiro atoms. The number of hydrogen-bond acceptors (Lipinski definition) is 4. The van der Waals surface area contributed by atoms with Crippen LogP contribution >= 0.6 is 12.6 Å². The summed E-state index contributed by atoms with van der Waals surface area (Å²) in [5.74, 6) is -1.01. The molecule has 0 aromatic heterocycles. The number of hydrogen-bond donors (Lipinski definition) is 2. The van der Waals surface area contributed by atoms with Crippen molar-refractivity contribution in [3.05, 3.63) is 29.6 Å². The Morgan fingerprint density at radius 3 is 2.84 bits per heavy atom. The van der Waals surface area contributed by atoms with E-state index in [1.807, 2.05) is 19.0 Å². The molecular formula is C13H19FN2O2S. The average Bonchev–Trinajstić information content (AvgIpc) is 2.36. The topological polar surface area (TPSA) is 41.6 Å². The first-order valence-electron chi connectivity index (χ1n) is 6.00. The van der Waals surface area contributed by atoms with Crippen LogP contribution < -0.4 is 5.32 Å². The first-order chi connectivity index (χ1) is 9.00. The van der Waals surface area contributed by atoms with Crippen molar-refractivity contribution in [2.24, 2.45) is 0 Å². The molecule has 1 aromatic carbocycles. The minimum Gasteiger partial charge on any atom is -0.378 e. The number of benzene rings is 1. The molecule has 6 heteroatoms. The third kappa shape index (κ3) is 6.04. The monoisotopic (exact) mass is 286 g/mol. The molecule has 106 valence electrons. The molecule has 1 amide bonds. The van der Waals surface area contributed by atoms with Crippen LogP contribution in [0.15, 0.2) is 23.1 Å². The van der Waals surface area contributed by atoms with Crippen molar-refractivity contribution in [3.8, 4) is 0 Å². The molecule has 0 fully saturated rings. The zero-order valence-corrected chi connectivity index (χ0v) is 12.0. The number of likely N-dealkylation sites (N-methyl/N-ethyl adjacent to an activating group) is 1. The minimum absolute atomic E-state index is 0.000733. The van der Waals surface area contributed by atoms with Gasteiger partial charge in [-0.15, -0.1) is 12.6 Å². The van der Waals surface area contributed by atoms with E-state index in [-0.39, 0.29) is 5.56 Å².